The molecule has 3 N–H and O–H groups in total. The van der Waals surface area contributed by atoms with Crippen molar-refractivity contribution in [1.29, 1.82) is 0 Å². The van der Waals surface area contributed by atoms with Gasteiger partial charge in [-0.05, 0) is 29.7 Å². The first-order chi connectivity index (χ1) is 10.1. The number of aromatic nitrogens is 1. The number of nitrogens with one attached hydrogen (secondary N) is 1. The third-order valence-corrected chi connectivity index (χ3v) is 3.91. The summed E-state index contributed by atoms with van der Waals surface area (Å²) in [4.78, 5) is 16.2. The van der Waals surface area contributed by atoms with Crippen LogP contribution in [0.25, 0.3) is 0 Å². The fourth-order valence-electron chi connectivity index (χ4n) is 1.92. The van der Waals surface area contributed by atoms with Crippen molar-refractivity contribution >= 4 is 29.0 Å². The molecule has 21 heavy (non-hydrogen) atoms. The van der Waals surface area contributed by atoms with Gasteiger partial charge < -0.3 is 11.1 Å². The zero-order valence-electron chi connectivity index (χ0n) is 12.2. The number of nitrogens with two attached hydrogens (primary N) is 1. The second-order valence-electron chi connectivity index (χ2n) is 5.01. The molecule has 0 spiro atoms. The summed E-state index contributed by atoms with van der Waals surface area (Å²) in [7, 11) is 0. The number of anilines is 2. The highest BCUT2D eigenvalue weighted by Gasteiger charge is 2.09. The third-order valence-electron chi connectivity index (χ3n) is 2.97. The molecular formula is C16H19N3OS. The van der Waals surface area contributed by atoms with E-state index in [1.54, 1.807) is 12.3 Å². The number of nitrogens with zero attached hydrogens (tertiary/aromatic N) is 1. The number of rotatable bonds is 5. The van der Waals surface area contributed by atoms with Gasteiger partial charge in [-0.3, -0.25) is 4.79 Å². The molecule has 0 aliphatic carbocycles. The van der Waals surface area contributed by atoms with Gasteiger partial charge in [-0.25, -0.2) is 4.98 Å². The summed E-state index contributed by atoms with van der Waals surface area (Å²) in [6.07, 6.45) is 1.59. The van der Waals surface area contributed by atoms with Crippen LogP contribution in [0.2, 0.25) is 0 Å². The number of nitrogen functional groups attached to an aromatic ring is 1. The second kappa shape index (κ2) is 7.13. The molecule has 2 aromatic rings. The van der Waals surface area contributed by atoms with Gasteiger partial charge in [-0.15, -0.1) is 0 Å². The maximum absolute atomic E-state index is 12.0. The summed E-state index contributed by atoms with van der Waals surface area (Å²) in [5.41, 5.74) is 8.22. The molecule has 0 aliphatic rings. The first kappa shape index (κ1) is 15.4. The lowest BCUT2D eigenvalue weighted by molar-refractivity contribution is -0.113. The van der Waals surface area contributed by atoms with E-state index in [-0.39, 0.29) is 5.91 Å². The molecule has 5 heteroatoms. The van der Waals surface area contributed by atoms with Crippen molar-refractivity contribution in [1.82, 2.24) is 4.98 Å². The maximum atomic E-state index is 12.0. The fraction of sp³-hybridized carbons (Fsp3) is 0.250. The van der Waals surface area contributed by atoms with Crippen molar-refractivity contribution in [2.45, 2.75) is 24.8 Å². The Balaban J connectivity index is 1.94. The number of para-hydroxylation sites is 1. The van der Waals surface area contributed by atoms with E-state index in [0.29, 0.717) is 17.4 Å². The Bertz CT molecular complexity index is 611. The molecule has 1 aromatic carbocycles. The molecule has 4 nitrogen and oxygen atoms in total. The minimum Gasteiger partial charge on any atom is -0.397 e. The summed E-state index contributed by atoms with van der Waals surface area (Å²) in [6, 6.07) is 11.5. The molecule has 1 heterocycles. The van der Waals surface area contributed by atoms with Crippen LogP contribution in [0.15, 0.2) is 47.6 Å². The molecule has 0 saturated heterocycles. The summed E-state index contributed by atoms with van der Waals surface area (Å²) in [6.45, 7) is 4.22. The Hall–Kier alpha value is -2.01. The van der Waals surface area contributed by atoms with Gasteiger partial charge in [0.1, 0.15) is 0 Å². The molecule has 0 saturated carbocycles. The van der Waals surface area contributed by atoms with E-state index in [1.165, 1.54) is 11.8 Å². The molecule has 0 radical (unpaired) electrons. The Kier molecular flexibility index (Phi) is 5.22. The smallest absolute Gasteiger partial charge is 0.234 e. The van der Waals surface area contributed by atoms with Gasteiger partial charge in [0.15, 0.2) is 0 Å². The summed E-state index contributed by atoms with van der Waals surface area (Å²) < 4.78 is 0. The van der Waals surface area contributed by atoms with Gasteiger partial charge in [0.25, 0.3) is 0 Å². The van der Waals surface area contributed by atoms with E-state index in [0.717, 1.165) is 16.3 Å². The summed E-state index contributed by atoms with van der Waals surface area (Å²) >= 11 is 1.39. The van der Waals surface area contributed by atoms with E-state index >= 15 is 0 Å². The highest BCUT2D eigenvalue weighted by molar-refractivity contribution is 7.99. The monoisotopic (exact) mass is 301 g/mol. The number of hydrogen-bond donors (Lipinski definition) is 2. The minimum absolute atomic E-state index is 0.0354. The molecule has 1 aromatic heterocycles. The highest BCUT2D eigenvalue weighted by Crippen LogP contribution is 2.24. The van der Waals surface area contributed by atoms with Gasteiger partial charge in [0, 0.05) is 5.69 Å². The minimum atomic E-state index is -0.0354. The van der Waals surface area contributed by atoms with Crippen molar-refractivity contribution in [3.63, 3.8) is 0 Å². The number of amides is 1. The van der Waals surface area contributed by atoms with Crippen LogP contribution in [0, 0.1) is 0 Å². The van der Waals surface area contributed by atoms with Crippen LogP contribution in [0.1, 0.15) is 25.3 Å². The van der Waals surface area contributed by atoms with Gasteiger partial charge in [-0.2, -0.15) is 0 Å². The molecular weight excluding hydrogens is 282 g/mol. The molecule has 2 rings (SSSR count). The van der Waals surface area contributed by atoms with Crippen LogP contribution in [0.4, 0.5) is 11.4 Å². The van der Waals surface area contributed by atoms with Gasteiger partial charge in [-0.1, -0.05) is 43.8 Å². The predicted molar refractivity (Wildman–Crippen MR) is 88.5 cm³/mol. The van der Waals surface area contributed by atoms with E-state index in [1.807, 2.05) is 30.3 Å². The fourth-order valence-corrected chi connectivity index (χ4v) is 2.56. The first-order valence-corrected chi connectivity index (χ1v) is 7.78. The van der Waals surface area contributed by atoms with E-state index in [9.17, 15) is 4.79 Å². The number of carbonyl (C=O) groups is 1. The first-order valence-electron chi connectivity index (χ1n) is 6.79. The van der Waals surface area contributed by atoms with Crippen LogP contribution in [0.5, 0.6) is 0 Å². The lowest BCUT2D eigenvalue weighted by Gasteiger charge is -2.13. The van der Waals surface area contributed by atoms with Crippen molar-refractivity contribution in [3.05, 3.63) is 48.2 Å². The number of pyridine rings is 1. The van der Waals surface area contributed by atoms with Crippen LogP contribution in [-0.4, -0.2) is 16.6 Å². The zero-order valence-corrected chi connectivity index (χ0v) is 13.0. The second-order valence-corrected chi connectivity index (χ2v) is 6.00. The molecule has 1 amide bonds. The Labute approximate surface area is 129 Å². The molecule has 0 atom stereocenters. The number of hydrogen-bond acceptors (Lipinski definition) is 4. The van der Waals surface area contributed by atoms with Crippen molar-refractivity contribution < 1.29 is 4.79 Å². The molecule has 0 unspecified atom stereocenters. The SMILES string of the molecule is CC(C)c1ccccc1NC(=O)CSc1ccc(N)cn1. The predicted octanol–water partition coefficient (Wildman–Crippen LogP) is 3.52. The zero-order chi connectivity index (χ0) is 15.2. The Morgan fingerprint density at radius 1 is 1.29 bits per heavy atom. The largest absolute Gasteiger partial charge is 0.397 e. The Morgan fingerprint density at radius 3 is 2.71 bits per heavy atom. The quantitative estimate of drug-likeness (QED) is 0.829. The van der Waals surface area contributed by atoms with Crippen LogP contribution >= 0.6 is 11.8 Å². The van der Waals surface area contributed by atoms with E-state index in [2.05, 4.69) is 24.1 Å². The summed E-state index contributed by atoms with van der Waals surface area (Å²) in [5.74, 6) is 0.656. The molecule has 0 fully saturated rings. The number of thioether (sulfide) groups is 1. The molecule has 0 aliphatic heterocycles. The van der Waals surface area contributed by atoms with E-state index < -0.39 is 0 Å². The molecule has 110 valence electrons. The lowest BCUT2D eigenvalue weighted by Crippen LogP contribution is -2.15. The Morgan fingerprint density at radius 2 is 2.05 bits per heavy atom. The van der Waals surface area contributed by atoms with Crippen LogP contribution < -0.4 is 11.1 Å². The standard InChI is InChI=1S/C16H19N3OS/c1-11(2)13-5-3-4-6-14(13)19-15(20)10-21-16-8-7-12(17)9-18-16/h3-9,11H,10,17H2,1-2H3,(H,19,20). The lowest BCUT2D eigenvalue weighted by atomic mass is 10.0. The van der Waals surface area contributed by atoms with Gasteiger partial charge >= 0.3 is 0 Å². The normalized spacial score (nSPS) is 10.6. The number of benzene rings is 1. The van der Waals surface area contributed by atoms with E-state index in [4.69, 9.17) is 5.73 Å². The van der Waals surface area contributed by atoms with Crippen molar-refractivity contribution in [2.75, 3.05) is 16.8 Å². The average molecular weight is 301 g/mol. The van der Waals surface area contributed by atoms with Crippen LogP contribution in [0.3, 0.4) is 0 Å². The average Bonchev–Trinajstić information content (AvgIpc) is 2.47. The van der Waals surface area contributed by atoms with Crippen molar-refractivity contribution in [3.8, 4) is 0 Å². The topological polar surface area (TPSA) is 68.0 Å². The van der Waals surface area contributed by atoms with Crippen molar-refractivity contribution in [2.24, 2.45) is 0 Å². The molecule has 0 bridgehead atoms. The maximum Gasteiger partial charge on any atom is 0.234 e. The highest BCUT2D eigenvalue weighted by atomic mass is 32.2. The van der Waals surface area contributed by atoms with Gasteiger partial charge in [0.2, 0.25) is 5.91 Å². The van der Waals surface area contributed by atoms with Crippen LogP contribution in [-0.2, 0) is 4.79 Å². The third kappa shape index (κ3) is 4.49. The van der Waals surface area contributed by atoms with Gasteiger partial charge in [0.05, 0.1) is 22.7 Å². The summed E-state index contributed by atoms with van der Waals surface area (Å²) in [5, 5.41) is 3.75. The number of carbonyl (C=O) groups excluding carboxylic acids is 1.